The fourth-order valence-corrected chi connectivity index (χ4v) is 1.32. The van der Waals surface area contributed by atoms with Gasteiger partial charge in [-0.2, -0.15) is 8.42 Å². The third-order valence-corrected chi connectivity index (χ3v) is 2.38. The van der Waals surface area contributed by atoms with Gasteiger partial charge in [0.05, 0.1) is 6.61 Å². The van der Waals surface area contributed by atoms with Gasteiger partial charge in [-0.25, -0.2) is 0 Å². The van der Waals surface area contributed by atoms with Gasteiger partial charge >= 0.3 is 10.3 Å². The number of nitrogens with one attached hydrogen (secondary N) is 1. The summed E-state index contributed by atoms with van der Waals surface area (Å²) >= 11 is 0. The van der Waals surface area contributed by atoms with Gasteiger partial charge in [-0.05, 0) is 12.0 Å². The molecule has 86 valence electrons. The Labute approximate surface area is 95.3 Å². The maximum Gasteiger partial charge on any atom is 0.348 e. The van der Waals surface area contributed by atoms with Crippen LogP contribution in [0.25, 0.3) is 0 Å². The van der Waals surface area contributed by atoms with Crippen LogP contribution in [0.5, 0.6) is 0 Å². The molecule has 0 aliphatic carbocycles. The van der Waals surface area contributed by atoms with Crippen molar-refractivity contribution in [1.82, 2.24) is 4.83 Å². The molecule has 0 fully saturated rings. The van der Waals surface area contributed by atoms with Gasteiger partial charge in [-0.1, -0.05) is 30.3 Å². The zero-order valence-corrected chi connectivity index (χ0v) is 9.55. The van der Waals surface area contributed by atoms with E-state index in [2.05, 4.69) is 4.18 Å². The number of benzene rings is 1. The number of hydrazine groups is 1. The third-order valence-electron chi connectivity index (χ3n) is 1.62. The lowest BCUT2D eigenvalue weighted by atomic mass is 10.2. The van der Waals surface area contributed by atoms with Crippen molar-refractivity contribution in [2.45, 2.75) is 6.42 Å². The first-order valence-electron chi connectivity index (χ1n) is 4.05. The largest absolute Gasteiger partial charge is 0.348 e. The third kappa shape index (κ3) is 5.71. The minimum absolute atomic E-state index is 0. The lowest BCUT2D eigenvalue weighted by Crippen LogP contribution is -2.32. The Morgan fingerprint density at radius 3 is 2.40 bits per heavy atom. The summed E-state index contributed by atoms with van der Waals surface area (Å²) < 4.78 is 26.0. The Hall–Kier alpha value is -0.660. The molecule has 7 heteroatoms. The van der Waals surface area contributed by atoms with E-state index >= 15 is 0 Å². The highest BCUT2D eigenvalue weighted by atomic mass is 35.5. The number of halogens is 1. The van der Waals surface area contributed by atoms with E-state index in [0.717, 1.165) is 5.56 Å². The highest BCUT2D eigenvalue weighted by Gasteiger charge is 2.06. The molecule has 0 radical (unpaired) electrons. The van der Waals surface area contributed by atoms with E-state index in [1.54, 1.807) is 4.83 Å². The molecule has 0 aliphatic rings. The van der Waals surface area contributed by atoms with Gasteiger partial charge in [0.1, 0.15) is 0 Å². The van der Waals surface area contributed by atoms with Crippen molar-refractivity contribution < 1.29 is 12.6 Å². The van der Waals surface area contributed by atoms with Crippen LogP contribution in [0.4, 0.5) is 0 Å². The molecule has 0 saturated heterocycles. The lowest BCUT2D eigenvalue weighted by molar-refractivity contribution is 0.315. The van der Waals surface area contributed by atoms with Crippen LogP contribution in [-0.2, 0) is 20.9 Å². The maximum absolute atomic E-state index is 10.7. The maximum atomic E-state index is 10.7. The second kappa shape index (κ2) is 6.76. The molecule has 0 aromatic heterocycles. The van der Waals surface area contributed by atoms with Crippen molar-refractivity contribution in [3.8, 4) is 0 Å². The second-order valence-corrected chi connectivity index (χ2v) is 4.01. The lowest BCUT2D eigenvalue weighted by Gasteiger charge is -2.03. The Morgan fingerprint density at radius 2 is 1.87 bits per heavy atom. The highest BCUT2D eigenvalue weighted by Crippen LogP contribution is 2.00. The van der Waals surface area contributed by atoms with E-state index in [-0.39, 0.29) is 19.0 Å². The van der Waals surface area contributed by atoms with Crippen LogP contribution in [0, 0.1) is 0 Å². The van der Waals surface area contributed by atoms with Crippen LogP contribution in [0.3, 0.4) is 0 Å². The van der Waals surface area contributed by atoms with E-state index < -0.39 is 10.3 Å². The molecule has 5 nitrogen and oxygen atoms in total. The molecular formula is C8H13ClN2O3S. The molecule has 0 spiro atoms. The predicted molar refractivity (Wildman–Crippen MR) is 59.6 cm³/mol. The first-order valence-corrected chi connectivity index (χ1v) is 5.45. The van der Waals surface area contributed by atoms with Gasteiger partial charge in [0.2, 0.25) is 0 Å². The smallest absolute Gasteiger partial charge is 0.257 e. The minimum atomic E-state index is -3.76. The zero-order valence-electron chi connectivity index (χ0n) is 7.92. The fourth-order valence-electron chi connectivity index (χ4n) is 0.948. The molecule has 3 N–H and O–H groups in total. The average Bonchev–Trinajstić information content (AvgIpc) is 2.19. The standard InChI is InChI=1S/C8H12N2O3S.ClH/c9-10-14(11,12)13-7-6-8-4-2-1-3-5-8;/h1-5,10H,6-7,9H2;1H. The summed E-state index contributed by atoms with van der Waals surface area (Å²) in [6.45, 7) is 0.0799. The Morgan fingerprint density at radius 1 is 1.27 bits per heavy atom. The SMILES string of the molecule is Cl.NNS(=O)(=O)OCCc1ccccc1. The summed E-state index contributed by atoms with van der Waals surface area (Å²) in [5.74, 6) is 4.72. The topological polar surface area (TPSA) is 81.4 Å². The summed E-state index contributed by atoms with van der Waals surface area (Å²) in [5.41, 5.74) is 1.01. The van der Waals surface area contributed by atoms with Crippen molar-refractivity contribution >= 4 is 22.7 Å². The molecule has 0 aliphatic heterocycles. The summed E-state index contributed by atoms with van der Waals surface area (Å²) in [7, 11) is -3.76. The Kier molecular flexibility index (Phi) is 6.46. The summed E-state index contributed by atoms with van der Waals surface area (Å²) in [5, 5.41) is 0. The van der Waals surface area contributed by atoms with Crippen LogP contribution >= 0.6 is 12.4 Å². The molecule has 1 aromatic carbocycles. The van der Waals surface area contributed by atoms with Crippen molar-refractivity contribution in [2.75, 3.05) is 6.61 Å². The fraction of sp³-hybridized carbons (Fsp3) is 0.250. The molecular weight excluding hydrogens is 240 g/mol. The number of hydrogen-bond donors (Lipinski definition) is 2. The first kappa shape index (κ1) is 14.3. The van der Waals surface area contributed by atoms with Gasteiger partial charge in [-0.3, -0.25) is 10.0 Å². The minimum Gasteiger partial charge on any atom is -0.257 e. The molecule has 1 aromatic rings. The van der Waals surface area contributed by atoms with Gasteiger partial charge in [0.25, 0.3) is 0 Å². The highest BCUT2D eigenvalue weighted by molar-refractivity contribution is 7.84. The number of rotatable bonds is 5. The molecule has 0 unspecified atom stereocenters. The molecule has 15 heavy (non-hydrogen) atoms. The molecule has 0 amide bonds. The monoisotopic (exact) mass is 252 g/mol. The van der Waals surface area contributed by atoms with Crippen molar-refractivity contribution in [3.63, 3.8) is 0 Å². The van der Waals surface area contributed by atoms with Crippen LogP contribution in [0.1, 0.15) is 5.56 Å². The molecule has 0 atom stereocenters. The second-order valence-electron chi connectivity index (χ2n) is 2.63. The first-order chi connectivity index (χ1) is 6.64. The molecule has 0 bridgehead atoms. The van der Waals surface area contributed by atoms with E-state index in [4.69, 9.17) is 5.84 Å². The van der Waals surface area contributed by atoms with E-state index in [1.807, 2.05) is 30.3 Å². The van der Waals surface area contributed by atoms with Gasteiger partial charge in [0, 0.05) is 0 Å². The summed E-state index contributed by atoms with van der Waals surface area (Å²) in [6, 6.07) is 9.44. The number of hydrogen-bond acceptors (Lipinski definition) is 4. The summed E-state index contributed by atoms with van der Waals surface area (Å²) in [6.07, 6.45) is 0.530. The van der Waals surface area contributed by atoms with Crippen LogP contribution in [0.15, 0.2) is 30.3 Å². The molecule has 1 rings (SSSR count). The van der Waals surface area contributed by atoms with Crippen molar-refractivity contribution in [2.24, 2.45) is 5.84 Å². The van der Waals surface area contributed by atoms with Gasteiger partial charge in [0.15, 0.2) is 0 Å². The quantitative estimate of drug-likeness (QED) is 0.586. The van der Waals surface area contributed by atoms with Gasteiger partial charge < -0.3 is 0 Å². The average molecular weight is 253 g/mol. The van der Waals surface area contributed by atoms with Gasteiger partial charge in [-0.15, -0.1) is 17.2 Å². The van der Waals surface area contributed by atoms with Crippen LogP contribution in [-0.4, -0.2) is 15.0 Å². The predicted octanol–water partition coefficient (Wildman–Crippen LogP) is 0.376. The van der Waals surface area contributed by atoms with E-state index in [1.165, 1.54) is 0 Å². The van der Waals surface area contributed by atoms with Crippen LogP contribution < -0.4 is 10.7 Å². The zero-order chi connectivity index (χ0) is 10.4. The van der Waals surface area contributed by atoms with E-state index in [9.17, 15) is 8.42 Å². The normalized spacial score (nSPS) is 10.7. The van der Waals surface area contributed by atoms with Crippen molar-refractivity contribution in [3.05, 3.63) is 35.9 Å². The Balaban J connectivity index is 0.00000196. The molecule has 0 saturated carbocycles. The summed E-state index contributed by atoms with van der Waals surface area (Å²) in [4.78, 5) is 1.58. The number of nitrogens with two attached hydrogens (primary N) is 1. The van der Waals surface area contributed by atoms with Crippen molar-refractivity contribution in [1.29, 1.82) is 0 Å². The molecule has 0 heterocycles. The Bertz CT molecular complexity index is 369. The van der Waals surface area contributed by atoms with E-state index in [0.29, 0.717) is 6.42 Å². The van der Waals surface area contributed by atoms with Crippen LogP contribution in [0.2, 0.25) is 0 Å².